The predicted molar refractivity (Wildman–Crippen MR) is 77.1 cm³/mol. The molecule has 0 aromatic heterocycles. The monoisotopic (exact) mass is 229 g/mol. The molecular weight excluding hydrogens is 194 g/mol. The molecule has 0 aliphatic heterocycles. The van der Waals surface area contributed by atoms with E-state index in [0.717, 1.165) is 0 Å². The lowest BCUT2D eigenvalue weighted by Gasteiger charge is -2.03. The average Bonchev–Trinajstić information content (AvgIpc) is 2.34. The number of rotatable bonds is 11. The Kier molecular flexibility index (Phi) is 23.3. The molecule has 0 rings (SSSR count). The van der Waals surface area contributed by atoms with Crippen LogP contribution in [0.2, 0.25) is 0 Å². The SMILES string of the molecule is CC.CCCCCCCCCCNCCC. The van der Waals surface area contributed by atoms with Crippen molar-refractivity contribution in [3.05, 3.63) is 0 Å². The third-order valence-electron chi connectivity index (χ3n) is 2.63. The van der Waals surface area contributed by atoms with E-state index < -0.39 is 0 Å². The minimum atomic E-state index is 1.19. The van der Waals surface area contributed by atoms with Gasteiger partial charge in [0.15, 0.2) is 0 Å². The highest BCUT2D eigenvalue weighted by molar-refractivity contribution is 4.49. The van der Waals surface area contributed by atoms with E-state index in [9.17, 15) is 0 Å². The lowest BCUT2D eigenvalue weighted by molar-refractivity contribution is 0.554. The summed E-state index contributed by atoms with van der Waals surface area (Å²) in [6.45, 7) is 10.9. The van der Waals surface area contributed by atoms with Crippen molar-refractivity contribution in [3.8, 4) is 0 Å². The molecule has 0 aromatic rings. The Morgan fingerprint density at radius 2 is 1.06 bits per heavy atom. The molecule has 0 spiro atoms. The second-order valence-electron chi connectivity index (χ2n) is 4.22. The van der Waals surface area contributed by atoms with Gasteiger partial charge in [0.25, 0.3) is 0 Å². The summed E-state index contributed by atoms with van der Waals surface area (Å²) in [5.41, 5.74) is 0. The van der Waals surface area contributed by atoms with Crippen LogP contribution in [0.25, 0.3) is 0 Å². The molecule has 100 valence electrons. The van der Waals surface area contributed by atoms with E-state index in [1.165, 1.54) is 70.9 Å². The summed E-state index contributed by atoms with van der Waals surface area (Å²) in [5, 5.41) is 3.45. The molecule has 0 saturated carbocycles. The van der Waals surface area contributed by atoms with Gasteiger partial charge in [0.05, 0.1) is 0 Å². The van der Waals surface area contributed by atoms with Gasteiger partial charge in [-0.15, -0.1) is 0 Å². The summed E-state index contributed by atoms with van der Waals surface area (Å²) in [6.07, 6.45) is 12.6. The number of nitrogens with one attached hydrogen (secondary N) is 1. The molecule has 0 aliphatic rings. The Balaban J connectivity index is 0. The largest absolute Gasteiger partial charge is 0.317 e. The van der Waals surface area contributed by atoms with Gasteiger partial charge < -0.3 is 5.32 Å². The van der Waals surface area contributed by atoms with Crippen LogP contribution < -0.4 is 5.32 Å². The van der Waals surface area contributed by atoms with Crippen molar-refractivity contribution in [2.75, 3.05) is 13.1 Å². The maximum Gasteiger partial charge on any atom is -0.00489 e. The van der Waals surface area contributed by atoms with Gasteiger partial charge in [0, 0.05) is 0 Å². The van der Waals surface area contributed by atoms with Crippen LogP contribution in [0.1, 0.15) is 85.5 Å². The van der Waals surface area contributed by atoms with Gasteiger partial charge in [-0.2, -0.15) is 0 Å². The molecule has 0 amide bonds. The minimum absolute atomic E-state index is 1.19. The maximum absolute atomic E-state index is 3.45. The Bertz CT molecular complexity index is 79.4. The van der Waals surface area contributed by atoms with Crippen LogP contribution in [0.4, 0.5) is 0 Å². The Labute approximate surface area is 104 Å². The quantitative estimate of drug-likeness (QED) is 0.483. The number of hydrogen-bond acceptors (Lipinski definition) is 1. The Morgan fingerprint density at radius 3 is 1.56 bits per heavy atom. The van der Waals surface area contributed by atoms with Crippen LogP contribution >= 0.6 is 0 Å². The third-order valence-corrected chi connectivity index (χ3v) is 2.63. The van der Waals surface area contributed by atoms with Crippen molar-refractivity contribution in [2.24, 2.45) is 0 Å². The number of unbranched alkanes of at least 4 members (excludes halogenated alkanes) is 7. The van der Waals surface area contributed by atoms with Crippen LogP contribution in [0.5, 0.6) is 0 Å². The average molecular weight is 229 g/mol. The van der Waals surface area contributed by atoms with E-state index in [2.05, 4.69) is 19.2 Å². The molecule has 0 aliphatic carbocycles. The zero-order valence-electron chi connectivity index (χ0n) is 12.3. The van der Waals surface area contributed by atoms with Gasteiger partial charge in [-0.3, -0.25) is 0 Å². The van der Waals surface area contributed by atoms with Gasteiger partial charge in [-0.1, -0.05) is 72.6 Å². The molecule has 0 radical (unpaired) electrons. The maximum atomic E-state index is 3.45. The lowest BCUT2D eigenvalue weighted by Crippen LogP contribution is -2.15. The lowest BCUT2D eigenvalue weighted by atomic mass is 10.1. The van der Waals surface area contributed by atoms with Crippen LogP contribution in [-0.4, -0.2) is 13.1 Å². The molecule has 1 N–H and O–H groups in total. The van der Waals surface area contributed by atoms with Gasteiger partial charge in [-0.05, 0) is 25.9 Å². The fourth-order valence-corrected chi connectivity index (χ4v) is 1.69. The third kappa shape index (κ3) is 19.5. The summed E-state index contributed by atoms with van der Waals surface area (Å²) >= 11 is 0. The molecule has 0 bridgehead atoms. The van der Waals surface area contributed by atoms with Crippen LogP contribution in [-0.2, 0) is 0 Å². The van der Waals surface area contributed by atoms with Crippen molar-refractivity contribution in [1.29, 1.82) is 0 Å². The van der Waals surface area contributed by atoms with Gasteiger partial charge in [0.1, 0.15) is 0 Å². The first kappa shape index (κ1) is 18.3. The normalized spacial score (nSPS) is 9.75. The zero-order chi connectivity index (χ0) is 12.5. The van der Waals surface area contributed by atoms with Crippen molar-refractivity contribution in [1.82, 2.24) is 5.32 Å². The summed E-state index contributed by atoms with van der Waals surface area (Å²) in [4.78, 5) is 0. The summed E-state index contributed by atoms with van der Waals surface area (Å²) in [6, 6.07) is 0. The Morgan fingerprint density at radius 1 is 0.562 bits per heavy atom. The smallest absolute Gasteiger partial charge is 0.00489 e. The van der Waals surface area contributed by atoms with Crippen molar-refractivity contribution in [2.45, 2.75) is 85.5 Å². The first-order chi connectivity index (χ1) is 7.91. The molecule has 1 nitrogen and oxygen atoms in total. The first-order valence-electron chi connectivity index (χ1n) is 7.62. The summed E-state index contributed by atoms with van der Waals surface area (Å²) in [7, 11) is 0. The molecule has 0 aromatic carbocycles. The number of hydrogen-bond donors (Lipinski definition) is 1. The minimum Gasteiger partial charge on any atom is -0.317 e. The van der Waals surface area contributed by atoms with Crippen LogP contribution in [0.15, 0.2) is 0 Å². The van der Waals surface area contributed by atoms with Crippen LogP contribution in [0.3, 0.4) is 0 Å². The molecule has 0 heterocycles. The van der Waals surface area contributed by atoms with E-state index >= 15 is 0 Å². The predicted octanol–water partition coefficient (Wildman–Crippen LogP) is 5.15. The zero-order valence-corrected chi connectivity index (χ0v) is 12.3. The van der Waals surface area contributed by atoms with E-state index in [4.69, 9.17) is 0 Å². The van der Waals surface area contributed by atoms with Gasteiger partial charge in [-0.25, -0.2) is 0 Å². The molecule has 1 heteroatoms. The molecule has 16 heavy (non-hydrogen) atoms. The van der Waals surface area contributed by atoms with Crippen molar-refractivity contribution in [3.63, 3.8) is 0 Å². The second-order valence-corrected chi connectivity index (χ2v) is 4.22. The van der Waals surface area contributed by atoms with Crippen molar-refractivity contribution < 1.29 is 0 Å². The molecule has 0 atom stereocenters. The van der Waals surface area contributed by atoms with Crippen LogP contribution in [0, 0.1) is 0 Å². The fraction of sp³-hybridized carbons (Fsp3) is 1.00. The summed E-state index contributed by atoms with van der Waals surface area (Å²) in [5.74, 6) is 0. The molecule has 0 unspecified atom stereocenters. The molecule has 0 saturated heterocycles. The van der Waals surface area contributed by atoms with E-state index in [1.807, 2.05) is 13.8 Å². The fourth-order valence-electron chi connectivity index (χ4n) is 1.69. The van der Waals surface area contributed by atoms with Gasteiger partial charge >= 0.3 is 0 Å². The first-order valence-corrected chi connectivity index (χ1v) is 7.62. The highest BCUT2D eigenvalue weighted by atomic mass is 14.8. The summed E-state index contributed by atoms with van der Waals surface area (Å²) < 4.78 is 0. The standard InChI is InChI=1S/C13H29N.C2H6/c1-3-5-6-7-8-9-10-11-13-14-12-4-2;1-2/h14H,3-13H2,1-2H3;1-2H3. The highest BCUT2D eigenvalue weighted by Crippen LogP contribution is 2.07. The second kappa shape index (κ2) is 20.4. The van der Waals surface area contributed by atoms with Gasteiger partial charge in [0.2, 0.25) is 0 Å². The van der Waals surface area contributed by atoms with E-state index in [-0.39, 0.29) is 0 Å². The molecular formula is C15H35N. The molecule has 0 fully saturated rings. The Hall–Kier alpha value is -0.0400. The van der Waals surface area contributed by atoms with Crippen molar-refractivity contribution >= 4 is 0 Å². The van der Waals surface area contributed by atoms with E-state index in [1.54, 1.807) is 0 Å². The van der Waals surface area contributed by atoms with E-state index in [0.29, 0.717) is 0 Å². The topological polar surface area (TPSA) is 12.0 Å². The highest BCUT2D eigenvalue weighted by Gasteiger charge is 1.90.